The number of hydrogen-bond donors (Lipinski definition) is 1. The van der Waals surface area contributed by atoms with Crippen LogP contribution >= 0.6 is 0 Å². The molecule has 1 N–H and O–H groups in total. The lowest BCUT2D eigenvalue weighted by Gasteiger charge is -2.23. The van der Waals surface area contributed by atoms with Crippen LogP contribution in [0.25, 0.3) is 0 Å². The first-order valence-corrected chi connectivity index (χ1v) is 6.49. The molecule has 1 atom stereocenters. The molecular formula is C16H15NO2. The van der Waals surface area contributed by atoms with Gasteiger partial charge in [-0.15, -0.1) is 0 Å². The Labute approximate surface area is 111 Å². The summed E-state index contributed by atoms with van der Waals surface area (Å²) in [5.41, 5.74) is 2.88. The number of aromatic nitrogens is 1. The first kappa shape index (κ1) is 11.9. The van der Waals surface area contributed by atoms with Gasteiger partial charge in [0.2, 0.25) is 0 Å². The van der Waals surface area contributed by atoms with Crippen molar-refractivity contribution in [2.24, 2.45) is 5.92 Å². The molecule has 0 aliphatic heterocycles. The summed E-state index contributed by atoms with van der Waals surface area (Å²) >= 11 is 0. The third-order valence-corrected chi connectivity index (χ3v) is 3.72. The molecule has 1 heterocycles. The van der Waals surface area contributed by atoms with Crippen molar-refractivity contribution < 1.29 is 9.90 Å². The van der Waals surface area contributed by atoms with Gasteiger partial charge in [0.15, 0.2) is 5.78 Å². The van der Waals surface area contributed by atoms with Crippen LogP contribution in [-0.4, -0.2) is 15.9 Å². The Morgan fingerprint density at radius 3 is 2.79 bits per heavy atom. The highest BCUT2D eigenvalue weighted by molar-refractivity contribution is 6.00. The van der Waals surface area contributed by atoms with E-state index >= 15 is 0 Å². The quantitative estimate of drug-likeness (QED) is 0.895. The molecule has 3 heteroatoms. The maximum Gasteiger partial charge on any atom is 0.166 e. The van der Waals surface area contributed by atoms with Gasteiger partial charge in [-0.1, -0.05) is 0 Å². The zero-order valence-electron chi connectivity index (χ0n) is 10.5. The molecule has 0 spiro atoms. The number of carbonyl (C=O) groups excluding carboxylic acids is 1. The van der Waals surface area contributed by atoms with Crippen molar-refractivity contribution in [2.75, 3.05) is 0 Å². The fourth-order valence-electron chi connectivity index (χ4n) is 2.71. The zero-order valence-corrected chi connectivity index (χ0v) is 10.5. The average Bonchev–Trinajstić information content (AvgIpc) is 2.43. The van der Waals surface area contributed by atoms with E-state index in [1.54, 1.807) is 30.6 Å². The second kappa shape index (κ2) is 4.84. The number of phenols is 1. The summed E-state index contributed by atoms with van der Waals surface area (Å²) in [6, 6.07) is 8.95. The number of fused-ring (bicyclic) bond motifs is 1. The Hall–Kier alpha value is -2.16. The van der Waals surface area contributed by atoms with Crippen molar-refractivity contribution in [3.05, 3.63) is 59.4 Å². The van der Waals surface area contributed by atoms with E-state index in [0.29, 0.717) is 0 Å². The van der Waals surface area contributed by atoms with Gasteiger partial charge in [-0.3, -0.25) is 9.78 Å². The molecule has 1 aliphatic rings. The molecule has 0 fully saturated rings. The summed E-state index contributed by atoms with van der Waals surface area (Å²) in [5, 5.41) is 9.46. The molecule has 0 radical (unpaired) electrons. The number of pyridine rings is 1. The molecule has 1 aromatic carbocycles. The van der Waals surface area contributed by atoms with Crippen molar-refractivity contribution in [3.63, 3.8) is 0 Å². The molecule has 0 saturated heterocycles. The van der Waals surface area contributed by atoms with Crippen molar-refractivity contribution in [1.29, 1.82) is 0 Å². The summed E-state index contributed by atoms with van der Waals surface area (Å²) in [4.78, 5) is 16.4. The van der Waals surface area contributed by atoms with E-state index in [2.05, 4.69) is 4.98 Å². The average molecular weight is 253 g/mol. The van der Waals surface area contributed by atoms with Crippen molar-refractivity contribution in [3.8, 4) is 5.75 Å². The first-order chi connectivity index (χ1) is 9.24. The third kappa shape index (κ3) is 2.36. The minimum atomic E-state index is 0.0412. The van der Waals surface area contributed by atoms with Crippen molar-refractivity contribution in [1.82, 2.24) is 4.98 Å². The van der Waals surface area contributed by atoms with Crippen molar-refractivity contribution in [2.45, 2.75) is 19.3 Å². The van der Waals surface area contributed by atoms with E-state index in [9.17, 15) is 9.90 Å². The van der Waals surface area contributed by atoms with Gasteiger partial charge in [0.1, 0.15) is 5.75 Å². The Morgan fingerprint density at radius 2 is 2.00 bits per heavy atom. The Bertz CT molecular complexity index is 607. The van der Waals surface area contributed by atoms with Crippen LogP contribution in [0.4, 0.5) is 0 Å². The smallest absolute Gasteiger partial charge is 0.166 e. The van der Waals surface area contributed by atoms with Gasteiger partial charge in [0, 0.05) is 23.9 Å². The monoisotopic (exact) mass is 253 g/mol. The lowest BCUT2D eigenvalue weighted by molar-refractivity contribution is 0.0901. The molecule has 3 nitrogen and oxygen atoms in total. The maximum absolute atomic E-state index is 12.4. The lowest BCUT2D eigenvalue weighted by atomic mass is 9.80. The highest BCUT2D eigenvalue weighted by Crippen LogP contribution is 2.30. The number of aromatic hydroxyl groups is 1. The molecule has 3 rings (SSSR count). The molecule has 1 aliphatic carbocycles. The molecule has 1 aromatic heterocycles. The summed E-state index contributed by atoms with van der Waals surface area (Å²) in [6.45, 7) is 0. The normalized spacial score (nSPS) is 18.1. The molecule has 2 aromatic rings. The number of phenolic OH excluding ortho intramolecular Hbond substituents is 1. The number of aryl methyl sites for hydroxylation is 1. The Morgan fingerprint density at radius 1 is 1.21 bits per heavy atom. The van der Waals surface area contributed by atoms with E-state index in [1.807, 2.05) is 12.1 Å². The lowest BCUT2D eigenvalue weighted by Crippen LogP contribution is -2.24. The maximum atomic E-state index is 12.4. The van der Waals surface area contributed by atoms with Crippen molar-refractivity contribution >= 4 is 5.78 Å². The fraction of sp³-hybridized carbons (Fsp3) is 0.250. The number of benzene rings is 1. The van der Waals surface area contributed by atoms with E-state index in [0.717, 1.165) is 36.0 Å². The first-order valence-electron chi connectivity index (χ1n) is 6.49. The fourth-order valence-corrected chi connectivity index (χ4v) is 2.71. The largest absolute Gasteiger partial charge is 0.508 e. The standard InChI is InChI=1S/C16H15NO2/c18-14-3-4-15-12(10-14)1-2-13(16(15)19)9-11-5-7-17-8-6-11/h3-8,10,13,18H,1-2,9H2/t13-/m1/s1. The predicted octanol–water partition coefficient (Wildman–Crippen LogP) is 2.78. The molecule has 19 heavy (non-hydrogen) atoms. The van der Waals surface area contributed by atoms with E-state index in [1.165, 1.54) is 0 Å². The number of rotatable bonds is 2. The van der Waals surface area contributed by atoms with E-state index in [4.69, 9.17) is 0 Å². The van der Waals surface area contributed by atoms with E-state index < -0.39 is 0 Å². The molecule has 0 bridgehead atoms. The number of carbonyl (C=O) groups is 1. The van der Waals surface area contributed by atoms with Crippen LogP contribution in [0.3, 0.4) is 0 Å². The molecule has 0 saturated carbocycles. The van der Waals surface area contributed by atoms with Crippen LogP contribution < -0.4 is 0 Å². The van der Waals surface area contributed by atoms with Gasteiger partial charge >= 0.3 is 0 Å². The second-order valence-corrected chi connectivity index (χ2v) is 5.00. The summed E-state index contributed by atoms with van der Waals surface area (Å²) in [5.74, 6) is 0.469. The Kier molecular flexibility index (Phi) is 3.03. The van der Waals surface area contributed by atoms with Gasteiger partial charge < -0.3 is 5.11 Å². The SMILES string of the molecule is O=C1c2ccc(O)cc2CC[C@@H]1Cc1ccncc1. The predicted molar refractivity (Wildman–Crippen MR) is 72.2 cm³/mol. The van der Waals surface area contributed by atoms with Gasteiger partial charge in [0.05, 0.1) is 0 Å². The number of Topliss-reactive ketones (excluding diaryl/α,β-unsaturated/α-hetero) is 1. The minimum Gasteiger partial charge on any atom is -0.508 e. The number of nitrogens with zero attached hydrogens (tertiary/aromatic N) is 1. The summed E-state index contributed by atoms with van der Waals surface area (Å²) in [7, 11) is 0. The topological polar surface area (TPSA) is 50.2 Å². The molecule has 0 amide bonds. The highest BCUT2D eigenvalue weighted by atomic mass is 16.3. The van der Waals surface area contributed by atoms with Gasteiger partial charge in [-0.05, 0) is 60.7 Å². The second-order valence-electron chi connectivity index (χ2n) is 5.00. The molecular weight excluding hydrogens is 238 g/mol. The van der Waals surface area contributed by atoms with Gasteiger partial charge in [-0.2, -0.15) is 0 Å². The van der Waals surface area contributed by atoms with Crippen LogP contribution in [-0.2, 0) is 12.8 Å². The van der Waals surface area contributed by atoms with Crippen LogP contribution in [0.2, 0.25) is 0 Å². The zero-order chi connectivity index (χ0) is 13.2. The van der Waals surface area contributed by atoms with Crippen LogP contribution in [0, 0.1) is 5.92 Å². The van der Waals surface area contributed by atoms with Crippen LogP contribution in [0.1, 0.15) is 27.9 Å². The highest BCUT2D eigenvalue weighted by Gasteiger charge is 2.27. The number of hydrogen-bond acceptors (Lipinski definition) is 3. The summed E-state index contributed by atoms with van der Waals surface area (Å²) < 4.78 is 0. The number of ketones is 1. The Balaban J connectivity index is 1.84. The molecule has 96 valence electrons. The third-order valence-electron chi connectivity index (χ3n) is 3.72. The van der Waals surface area contributed by atoms with Gasteiger partial charge in [-0.25, -0.2) is 0 Å². The van der Waals surface area contributed by atoms with E-state index in [-0.39, 0.29) is 17.5 Å². The summed E-state index contributed by atoms with van der Waals surface area (Å²) in [6.07, 6.45) is 5.98. The minimum absolute atomic E-state index is 0.0412. The molecule has 0 unspecified atom stereocenters. The van der Waals surface area contributed by atoms with Gasteiger partial charge in [0.25, 0.3) is 0 Å². The van der Waals surface area contributed by atoms with Crippen LogP contribution in [0.15, 0.2) is 42.7 Å². The van der Waals surface area contributed by atoms with Crippen LogP contribution in [0.5, 0.6) is 5.75 Å².